The lowest BCUT2D eigenvalue weighted by Crippen LogP contribution is -2.66. The fraction of sp³-hybridized carbons (Fsp3) is 0.591. The van der Waals surface area contributed by atoms with E-state index in [1.54, 1.807) is 7.11 Å². The van der Waals surface area contributed by atoms with E-state index in [1.165, 1.54) is 7.11 Å². The van der Waals surface area contributed by atoms with Crippen LogP contribution < -0.4 is 5.32 Å². The fourth-order valence-corrected chi connectivity index (χ4v) is 6.47. The smallest absolute Gasteiger partial charge is 0.323 e. The van der Waals surface area contributed by atoms with E-state index in [1.807, 2.05) is 24.3 Å². The van der Waals surface area contributed by atoms with Crippen molar-refractivity contribution in [2.75, 3.05) is 19.5 Å². The molecule has 7 nitrogen and oxygen atoms in total. The number of amides is 1. The number of carbonyl (C=O) groups excluding carboxylic acids is 3. The zero-order valence-electron chi connectivity index (χ0n) is 16.8. The number of esters is 1. The average Bonchev–Trinajstić information content (AvgIpc) is 3.24. The van der Waals surface area contributed by atoms with Crippen LogP contribution in [0, 0.1) is 0 Å². The SMILES string of the molecule is COC(=O)[C@H]1C[C@@]2(C(=O)Nc3ccccc32)[C@H]2CC[C@]3(OC)CCC(=O)C[C@@H]3N12. The lowest BCUT2D eigenvalue weighted by Gasteiger charge is -2.54. The second-order valence-corrected chi connectivity index (χ2v) is 8.74. The number of hydrogen-bond donors (Lipinski definition) is 1. The summed E-state index contributed by atoms with van der Waals surface area (Å²) < 4.78 is 11.1. The second kappa shape index (κ2) is 6.37. The van der Waals surface area contributed by atoms with Crippen LogP contribution >= 0.6 is 0 Å². The lowest BCUT2D eigenvalue weighted by atomic mass is 9.67. The van der Waals surface area contributed by atoms with Gasteiger partial charge < -0.3 is 14.8 Å². The van der Waals surface area contributed by atoms with Crippen LogP contribution in [-0.4, -0.2) is 60.5 Å². The number of methoxy groups -OCH3 is 2. The van der Waals surface area contributed by atoms with Gasteiger partial charge in [-0.15, -0.1) is 0 Å². The molecule has 3 fully saturated rings. The van der Waals surface area contributed by atoms with Gasteiger partial charge >= 0.3 is 5.97 Å². The summed E-state index contributed by atoms with van der Waals surface area (Å²) in [7, 11) is 3.07. The normalized spacial score (nSPS) is 38.3. The largest absolute Gasteiger partial charge is 0.468 e. The molecule has 0 aromatic heterocycles. The van der Waals surface area contributed by atoms with Crippen molar-refractivity contribution in [3.05, 3.63) is 29.8 Å². The van der Waals surface area contributed by atoms with Gasteiger partial charge in [0.05, 0.1) is 18.1 Å². The summed E-state index contributed by atoms with van der Waals surface area (Å²) in [6, 6.07) is 6.75. The molecule has 0 bridgehead atoms. The first-order valence-electron chi connectivity index (χ1n) is 10.3. The quantitative estimate of drug-likeness (QED) is 0.765. The molecule has 5 rings (SSSR count). The summed E-state index contributed by atoms with van der Waals surface area (Å²) >= 11 is 0. The highest BCUT2D eigenvalue weighted by Crippen LogP contribution is 2.57. The molecule has 29 heavy (non-hydrogen) atoms. The standard InChI is InChI=1S/C22H26N2O5/c1-28-19(26)16-12-22(14-5-3-4-6-15(14)23-20(22)27)17-8-10-21(29-2)9-7-13(25)11-18(21)24(16)17/h3-6,16-18H,7-12H2,1-2H3,(H,23,27)/t16-,17-,18+,21-,22+/m1/s1. The predicted octanol–water partition coefficient (Wildman–Crippen LogP) is 1.79. The van der Waals surface area contributed by atoms with E-state index in [0.29, 0.717) is 25.7 Å². The van der Waals surface area contributed by atoms with Crippen molar-refractivity contribution in [2.24, 2.45) is 0 Å². The summed E-state index contributed by atoms with van der Waals surface area (Å²) in [5.41, 5.74) is 0.483. The van der Waals surface area contributed by atoms with Crippen LogP contribution in [0.1, 0.15) is 44.1 Å². The van der Waals surface area contributed by atoms with E-state index in [9.17, 15) is 14.4 Å². The monoisotopic (exact) mass is 398 g/mol. The van der Waals surface area contributed by atoms with Crippen molar-refractivity contribution in [1.82, 2.24) is 4.90 Å². The number of ketones is 1. The van der Waals surface area contributed by atoms with E-state index in [4.69, 9.17) is 9.47 Å². The highest BCUT2D eigenvalue weighted by molar-refractivity contribution is 6.08. The molecule has 1 aromatic rings. The molecule has 1 spiro atoms. The number of nitrogens with zero attached hydrogens (tertiary/aromatic N) is 1. The summed E-state index contributed by atoms with van der Waals surface area (Å²) in [5.74, 6) is -0.231. The summed E-state index contributed by atoms with van der Waals surface area (Å²) in [6.45, 7) is 0. The maximum atomic E-state index is 13.4. The number of benzene rings is 1. The molecule has 5 atom stereocenters. The van der Waals surface area contributed by atoms with Gasteiger partial charge in [0.1, 0.15) is 11.8 Å². The minimum atomic E-state index is -0.810. The van der Waals surface area contributed by atoms with Gasteiger partial charge in [-0.3, -0.25) is 19.3 Å². The van der Waals surface area contributed by atoms with Crippen molar-refractivity contribution < 1.29 is 23.9 Å². The molecule has 1 saturated carbocycles. The van der Waals surface area contributed by atoms with Crippen LogP contribution in [0.5, 0.6) is 0 Å². The minimum Gasteiger partial charge on any atom is -0.468 e. The number of ether oxygens (including phenoxy) is 2. The Hall–Kier alpha value is -2.25. The lowest BCUT2D eigenvalue weighted by molar-refractivity contribution is -0.170. The average molecular weight is 398 g/mol. The Morgan fingerprint density at radius 3 is 2.72 bits per heavy atom. The van der Waals surface area contributed by atoms with Crippen molar-refractivity contribution in [3.8, 4) is 0 Å². The Kier molecular flexibility index (Phi) is 4.12. The molecule has 1 amide bonds. The molecule has 1 N–H and O–H groups in total. The van der Waals surface area contributed by atoms with Crippen LogP contribution in [0.25, 0.3) is 0 Å². The van der Waals surface area contributed by atoms with E-state index in [-0.39, 0.29) is 29.7 Å². The fourth-order valence-electron chi connectivity index (χ4n) is 6.47. The Bertz CT molecular complexity index is 901. The van der Waals surface area contributed by atoms with Crippen LogP contribution in [0.3, 0.4) is 0 Å². The van der Waals surface area contributed by atoms with Gasteiger partial charge in [-0.1, -0.05) is 18.2 Å². The first kappa shape index (κ1) is 18.8. The number of nitrogens with one attached hydrogen (secondary N) is 1. The Labute approximate surface area is 169 Å². The molecule has 7 heteroatoms. The molecule has 0 unspecified atom stereocenters. The molecular weight excluding hydrogens is 372 g/mol. The zero-order valence-corrected chi connectivity index (χ0v) is 16.8. The zero-order chi connectivity index (χ0) is 20.4. The molecule has 3 heterocycles. The van der Waals surface area contributed by atoms with Crippen LogP contribution in [0.2, 0.25) is 0 Å². The van der Waals surface area contributed by atoms with Gasteiger partial charge in [-0.25, -0.2) is 0 Å². The van der Waals surface area contributed by atoms with Crippen molar-refractivity contribution in [2.45, 2.75) is 67.7 Å². The molecule has 1 aromatic carbocycles. The van der Waals surface area contributed by atoms with Crippen molar-refractivity contribution >= 4 is 23.3 Å². The Morgan fingerprint density at radius 1 is 1.17 bits per heavy atom. The predicted molar refractivity (Wildman–Crippen MR) is 104 cm³/mol. The number of piperidine rings is 1. The van der Waals surface area contributed by atoms with E-state index < -0.39 is 17.1 Å². The molecule has 4 aliphatic rings. The Morgan fingerprint density at radius 2 is 1.97 bits per heavy atom. The maximum absolute atomic E-state index is 13.4. The van der Waals surface area contributed by atoms with E-state index >= 15 is 0 Å². The van der Waals surface area contributed by atoms with Crippen LogP contribution in [-0.2, 0) is 29.3 Å². The molecule has 0 radical (unpaired) electrons. The number of hydrogen-bond acceptors (Lipinski definition) is 6. The molecule has 1 aliphatic carbocycles. The van der Waals surface area contributed by atoms with Gasteiger partial charge in [0, 0.05) is 37.7 Å². The Balaban J connectivity index is 1.66. The third kappa shape index (κ3) is 2.34. The molecule has 2 saturated heterocycles. The maximum Gasteiger partial charge on any atom is 0.323 e. The topological polar surface area (TPSA) is 84.9 Å². The summed E-state index contributed by atoms with van der Waals surface area (Å²) in [5, 5.41) is 3.03. The molecule has 3 aliphatic heterocycles. The van der Waals surface area contributed by atoms with Gasteiger partial charge in [0.25, 0.3) is 0 Å². The number of rotatable bonds is 2. The van der Waals surface area contributed by atoms with E-state index in [0.717, 1.165) is 24.1 Å². The summed E-state index contributed by atoms with van der Waals surface area (Å²) in [6.07, 6.45) is 3.36. The molecule has 154 valence electrons. The number of Topliss-reactive ketones (excluding diaryl/α,β-unsaturated/α-hetero) is 1. The molecular formula is C22H26N2O5. The summed E-state index contributed by atoms with van der Waals surface area (Å²) in [4.78, 5) is 40.7. The number of anilines is 1. The first-order chi connectivity index (χ1) is 14.0. The van der Waals surface area contributed by atoms with E-state index in [2.05, 4.69) is 10.2 Å². The highest BCUT2D eigenvalue weighted by atomic mass is 16.5. The van der Waals surface area contributed by atoms with Gasteiger partial charge in [0.15, 0.2) is 0 Å². The van der Waals surface area contributed by atoms with Gasteiger partial charge in [0.2, 0.25) is 5.91 Å². The first-order valence-corrected chi connectivity index (χ1v) is 10.3. The third-order valence-electron chi connectivity index (χ3n) is 7.80. The van der Waals surface area contributed by atoms with Crippen LogP contribution in [0.4, 0.5) is 5.69 Å². The number of carbonyl (C=O) groups is 3. The third-order valence-corrected chi connectivity index (χ3v) is 7.80. The second-order valence-electron chi connectivity index (χ2n) is 8.74. The number of fused-ring (bicyclic) bond motifs is 6. The van der Waals surface area contributed by atoms with Crippen LogP contribution in [0.15, 0.2) is 24.3 Å². The number of para-hydroxylation sites is 1. The minimum absolute atomic E-state index is 0.0628. The van der Waals surface area contributed by atoms with Crippen molar-refractivity contribution in [1.29, 1.82) is 0 Å². The van der Waals surface area contributed by atoms with Crippen molar-refractivity contribution in [3.63, 3.8) is 0 Å². The highest BCUT2D eigenvalue weighted by Gasteiger charge is 2.68. The van der Waals surface area contributed by atoms with Gasteiger partial charge in [-0.2, -0.15) is 0 Å². The van der Waals surface area contributed by atoms with Gasteiger partial charge in [-0.05, 0) is 37.3 Å².